The van der Waals surface area contributed by atoms with Crippen molar-refractivity contribution in [1.82, 2.24) is 25.0 Å². The van der Waals surface area contributed by atoms with Gasteiger partial charge >= 0.3 is 6.18 Å². The molecule has 3 aromatic heterocycles. The van der Waals surface area contributed by atoms with Gasteiger partial charge in [-0.2, -0.15) is 23.7 Å². The number of hydrogen-bond acceptors (Lipinski definition) is 10. The highest BCUT2D eigenvalue weighted by atomic mass is 32.1. The van der Waals surface area contributed by atoms with Crippen molar-refractivity contribution in [1.29, 1.82) is 10.5 Å². The number of fused-ring (bicyclic) bond motifs is 2. The molecule has 0 spiro atoms. The highest BCUT2D eigenvalue weighted by Gasteiger charge is 2.66. The highest BCUT2D eigenvalue weighted by Crippen LogP contribution is 2.55. The molecule has 5 aromatic rings. The van der Waals surface area contributed by atoms with Gasteiger partial charge in [0, 0.05) is 35.3 Å². The van der Waals surface area contributed by atoms with Crippen LogP contribution in [0.4, 0.5) is 24.5 Å². The number of pyridine rings is 1. The number of anilines is 2. The van der Waals surface area contributed by atoms with E-state index in [2.05, 4.69) is 56.9 Å². The molecule has 46 heavy (non-hydrogen) atoms. The number of nitrogens with one attached hydrogen (secondary N) is 2. The first-order valence-corrected chi connectivity index (χ1v) is 15.6. The van der Waals surface area contributed by atoms with E-state index in [-0.39, 0.29) is 35.6 Å². The van der Waals surface area contributed by atoms with Crippen LogP contribution in [-0.2, 0) is 10.3 Å². The van der Waals surface area contributed by atoms with Crippen molar-refractivity contribution < 1.29 is 17.9 Å². The fourth-order valence-corrected chi connectivity index (χ4v) is 7.01. The number of halogens is 3. The van der Waals surface area contributed by atoms with Crippen molar-refractivity contribution in [2.75, 3.05) is 23.8 Å². The number of ether oxygens (including phenoxy) is 1. The molecular formula is C32H28F3N9OS. The van der Waals surface area contributed by atoms with Crippen LogP contribution in [0.25, 0.3) is 21.1 Å². The Labute approximate surface area is 265 Å². The Morgan fingerprint density at radius 2 is 1.93 bits per heavy atom. The quantitative estimate of drug-likeness (QED) is 0.199. The molecule has 0 bridgehead atoms. The van der Waals surface area contributed by atoms with Crippen LogP contribution in [0.15, 0.2) is 48.2 Å². The second-order valence-corrected chi connectivity index (χ2v) is 13.3. The summed E-state index contributed by atoms with van der Waals surface area (Å²) in [5.74, 6) is 0. The number of nitriles is 2. The zero-order valence-electron chi connectivity index (χ0n) is 24.9. The van der Waals surface area contributed by atoms with Crippen molar-refractivity contribution in [2.45, 2.75) is 56.9 Å². The lowest BCUT2D eigenvalue weighted by atomic mass is 9.81. The van der Waals surface area contributed by atoms with Crippen molar-refractivity contribution in [3.05, 3.63) is 70.6 Å². The van der Waals surface area contributed by atoms with Crippen LogP contribution in [0.3, 0.4) is 0 Å². The molecule has 0 radical (unpaired) electrons. The number of aromatic nitrogens is 5. The predicted octanol–water partition coefficient (Wildman–Crippen LogP) is 6.66. The molecule has 4 heterocycles. The molecule has 2 aromatic carbocycles. The maximum Gasteiger partial charge on any atom is 0.413 e. The second-order valence-electron chi connectivity index (χ2n) is 12.5. The Hall–Kier alpha value is -4.79. The summed E-state index contributed by atoms with van der Waals surface area (Å²) in [6.45, 7) is 5.31. The fourth-order valence-electron chi connectivity index (χ4n) is 6.17. The molecule has 2 N–H and O–H groups in total. The van der Waals surface area contributed by atoms with E-state index in [1.54, 1.807) is 17.6 Å². The van der Waals surface area contributed by atoms with E-state index >= 15 is 0 Å². The van der Waals surface area contributed by atoms with Crippen LogP contribution in [0.2, 0.25) is 0 Å². The van der Waals surface area contributed by atoms with Crippen LogP contribution in [0.1, 0.15) is 61.5 Å². The van der Waals surface area contributed by atoms with Crippen LogP contribution in [0, 0.1) is 28.1 Å². The Balaban J connectivity index is 1.36. The van der Waals surface area contributed by atoms with Gasteiger partial charge in [-0.05, 0) is 43.0 Å². The molecular weight excluding hydrogens is 615 g/mol. The topological polar surface area (TPSA) is 137 Å². The van der Waals surface area contributed by atoms with Crippen molar-refractivity contribution in [2.24, 2.45) is 5.41 Å². The van der Waals surface area contributed by atoms with E-state index in [0.717, 1.165) is 26.9 Å². The molecule has 1 saturated heterocycles. The number of thiazole rings is 1. The smallest absolute Gasteiger partial charge is 0.381 e. The molecule has 1 saturated carbocycles. The van der Waals surface area contributed by atoms with Gasteiger partial charge in [-0.15, -0.1) is 16.4 Å². The summed E-state index contributed by atoms with van der Waals surface area (Å²) in [5.41, 5.74) is 3.25. The largest absolute Gasteiger partial charge is 0.413 e. The molecule has 1 unspecified atom stereocenters. The summed E-state index contributed by atoms with van der Waals surface area (Å²) in [5, 5.41) is 36.0. The van der Waals surface area contributed by atoms with Gasteiger partial charge in [-0.1, -0.05) is 31.2 Å². The van der Waals surface area contributed by atoms with Gasteiger partial charge < -0.3 is 15.4 Å². The summed E-state index contributed by atoms with van der Waals surface area (Å²) in [4.78, 5) is 8.88. The van der Waals surface area contributed by atoms with Crippen molar-refractivity contribution >= 4 is 43.8 Å². The molecule has 1 aliphatic carbocycles. The summed E-state index contributed by atoms with van der Waals surface area (Å²) in [6.07, 6.45) is -1.06. The van der Waals surface area contributed by atoms with Crippen LogP contribution in [0.5, 0.6) is 0 Å². The maximum atomic E-state index is 14.0. The maximum absolute atomic E-state index is 14.0. The number of alkyl halides is 3. The normalized spacial score (nSPS) is 19.3. The van der Waals surface area contributed by atoms with E-state index < -0.39 is 17.8 Å². The Kier molecular flexibility index (Phi) is 7.10. The third-order valence-electron chi connectivity index (χ3n) is 9.00. The lowest BCUT2D eigenvalue weighted by Crippen LogP contribution is -2.44. The zero-order chi connectivity index (χ0) is 32.3. The summed E-state index contributed by atoms with van der Waals surface area (Å²) in [7, 11) is 0. The Morgan fingerprint density at radius 3 is 2.65 bits per heavy atom. The average Bonchev–Trinajstić information content (AvgIpc) is 3.47. The van der Waals surface area contributed by atoms with E-state index in [1.165, 1.54) is 23.7 Å². The molecule has 234 valence electrons. The number of benzene rings is 2. The van der Waals surface area contributed by atoms with E-state index in [4.69, 9.17) is 4.74 Å². The van der Waals surface area contributed by atoms with Gasteiger partial charge in [0.05, 0.1) is 56.9 Å². The summed E-state index contributed by atoms with van der Waals surface area (Å²) in [6, 6.07) is 12.7. The summed E-state index contributed by atoms with van der Waals surface area (Å²) >= 11 is 1.41. The highest BCUT2D eigenvalue weighted by molar-refractivity contribution is 7.17. The summed E-state index contributed by atoms with van der Waals surface area (Å²) < 4.78 is 49.4. The number of rotatable bonds is 7. The monoisotopic (exact) mass is 643 g/mol. The average molecular weight is 644 g/mol. The molecule has 0 amide bonds. The van der Waals surface area contributed by atoms with Crippen LogP contribution >= 0.6 is 11.3 Å². The van der Waals surface area contributed by atoms with Gasteiger partial charge in [0.1, 0.15) is 17.8 Å². The standard InChI is InChI=1S/C32H28F3N9OS/c1-30(2)16-45-9-6-25(30)41-27-19(13-37)14-38-26-18(12-36)10-20(11-22(26)27)40-28(21-4-3-5-23-29(21)46-17-39-23)24-15-44(43-42-24)31(7-8-31)32(33,34)35/h3-5,10-11,14-15,17,25,28,40H,6-9,16H2,1-2H3,(H,38,41)/t25-,28?/m1/s1. The van der Waals surface area contributed by atoms with E-state index in [9.17, 15) is 23.7 Å². The SMILES string of the molecule is CC1(C)COCC[C@H]1Nc1c(C#N)cnc2c(C#N)cc(NC(c3cn(C4(C(F)(F)F)CC4)nn3)c3cccc4ncsc34)cc12. The Morgan fingerprint density at radius 1 is 1.13 bits per heavy atom. The minimum atomic E-state index is -4.47. The zero-order valence-corrected chi connectivity index (χ0v) is 25.7. The first-order valence-electron chi connectivity index (χ1n) is 14.7. The van der Waals surface area contributed by atoms with E-state index in [0.29, 0.717) is 41.1 Å². The predicted molar refractivity (Wildman–Crippen MR) is 166 cm³/mol. The van der Waals surface area contributed by atoms with Crippen LogP contribution in [-0.4, -0.2) is 50.4 Å². The van der Waals surface area contributed by atoms with Gasteiger partial charge in [-0.25, -0.2) is 9.67 Å². The minimum Gasteiger partial charge on any atom is -0.381 e. The number of hydrogen-bond donors (Lipinski definition) is 2. The van der Waals surface area contributed by atoms with Gasteiger partial charge in [0.15, 0.2) is 5.54 Å². The lowest BCUT2D eigenvalue weighted by molar-refractivity contribution is -0.182. The first kappa shape index (κ1) is 29.9. The van der Waals surface area contributed by atoms with Gasteiger partial charge in [0.25, 0.3) is 0 Å². The fraction of sp³-hybridized carbons (Fsp3) is 0.375. The molecule has 10 nitrogen and oxygen atoms in total. The minimum absolute atomic E-state index is 0.0174. The van der Waals surface area contributed by atoms with Crippen LogP contribution < -0.4 is 10.6 Å². The van der Waals surface area contributed by atoms with Crippen molar-refractivity contribution in [3.63, 3.8) is 0 Å². The number of nitrogens with zero attached hydrogens (tertiary/aromatic N) is 7. The first-order chi connectivity index (χ1) is 22.0. The van der Waals surface area contributed by atoms with Crippen molar-refractivity contribution in [3.8, 4) is 12.1 Å². The second kappa shape index (κ2) is 10.9. The molecule has 2 aliphatic rings. The molecule has 1 aliphatic heterocycles. The molecule has 7 rings (SSSR count). The molecule has 2 fully saturated rings. The van der Waals surface area contributed by atoms with E-state index in [1.807, 2.05) is 18.2 Å². The molecule has 14 heteroatoms. The van der Waals surface area contributed by atoms with Gasteiger partial charge in [0.2, 0.25) is 0 Å². The molecule has 2 atom stereocenters. The Bertz CT molecular complexity index is 2050. The third kappa shape index (κ3) is 4.98. The lowest BCUT2D eigenvalue weighted by Gasteiger charge is -2.39. The third-order valence-corrected chi connectivity index (χ3v) is 9.90. The van der Waals surface area contributed by atoms with Gasteiger partial charge in [-0.3, -0.25) is 4.98 Å².